The zero-order valence-electron chi connectivity index (χ0n) is 9.64. The Bertz CT molecular complexity index is 743. The largest absolute Gasteiger partial charge is 0.294 e. The Labute approximate surface area is 97.9 Å². The maximum atomic E-state index is 11.5. The molecule has 0 amide bonds. The van der Waals surface area contributed by atoms with Gasteiger partial charge in [0.25, 0.3) is 0 Å². The van der Waals surface area contributed by atoms with Crippen LogP contribution in [0.1, 0.15) is 23.0 Å². The fraction of sp³-hybridized carbons (Fsp3) is 0.154. The zero-order valence-corrected chi connectivity index (χ0v) is 9.64. The third-order valence-corrected chi connectivity index (χ3v) is 2.87. The summed E-state index contributed by atoms with van der Waals surface area (Å²) in [4.78, 5) is 20.3. The van der Waals surface area contributed by atoms with Crippen molar-refractivity contribution in [3.8, 4) is 0 Å². The van der Waals surface area contributed by atoms with Gasteiger partial charge >= 0.3 is 0 Å². The number of nitrogens with zero attached hydrogens (tertiary/aromatic N) is 3. The lowest BCUT2D eigenvalue weighted by molar-refractivity contribution is 0.101. The fourth-order valence-electron chi connectivity index (χ4n) is 2.02. The van der Waals surface area contributed by atoms with Crippen LogP contribution in [0.25, 0.3) is 16.8 Å². The molecule has 0 saturated heterocycles. The molecule has 2 aromatic heterocycles. The highest BCUT2D eigenvalue weighted by molar-refractivity contribution is 5.95. The molecule has 17 heavy (non-hydrogen) atoms. The summed E-state index contributed by atoms with van der Waals surface area (Å²) >= 11 is 0. The number of ketones is 1. The molecule has 0 N–H and O–H groups in total. The Morgan fingerprint density at radius 3 is 2.76 bits per heavy atom. The third-order valence-electron chi connectivity index (χ3n) is 2.87. The van der Waals surface area contributed by atoms with E-state index in [4.69, 9.17) is 0 Å². The van der Waals surface area contributed by atoms with E-state index in [9.17, 15) is 4.79 Å². The first-order valence-corrected chi connectivity index (χ1v) is 5.42. The van der Waals surface area contributed by atoms with Gasteiger partial charge in [-0.2, -0.15) is 0 Å². The summed E-state index contributed by atoms with van der Waals surface area (Å²) in [6.07, 6.45) is 1.81. The summed E-state index contributed by atoms with van der Waals surface area (Å²) in [6.45, 7) is 3.38. The molecule has 1 aromatic carbocycles. The first kappa shape index (κ1) is 9.96. The van der Waals surface area contributed by atoms with E-state index < -0.39 is 0 Å². The molecule has 0 aliphatic carbocycles. The minimum atomic E-state index is 0.0229. The Balaban J connectivity index is 2.47. The number of para-hydroxylation sites is 2. The number of hydrogen-bond acceptors (Lipinski definition) is 3. The number of aromatic nitrogens is 3. The smallest absolute Gasteiger partial charge is 0.235 e. The van der Waals surface area contributed by atoms with E-state index in [1.54, 1.807) is 6.92 Å². The highest BCUT2D eigenvalue weighted by Crippen LogP contribution is 2.17. The molecule has 0 radical (unpaired) electrons. The second-order valence-electron chi connectivity index (χ2n) is 4.07. The second-order valence-corrected chi connectivity index (χ2v) is 4.07. The van der Waals surface area contributed by atoms with Crippen molar-refractivity contribution in [3.05, 3.63) is 41.7 Å². The van der Waals surface area contributed by atoms with Crippen LogP contribution in [0, 0.1) is 6.92 Å². The molecule has 0 saturated carbocycles. The molecule has 0 atom stereocenters. The van der Waals surface area contributed by atoms with E-state index in [-0.39, 0.29) is 5.78 Å². The number of benzene rings is 1. The monoisotopic (exact) mass is 225 g/mol. The van der Waals surface area contributed by atoms with E-state index in [2.05, 4.69) is 9.97 Å². The van der Waals surface area contributed by atoms with Crippen LogP contribution >= 0.6 is 0 Å². The molecule has 0 aliphatic rings. The van der Waals surface area contributed by atoms with Gasteiger partial charge in [-0.1, -0.05) is 12.1 Å². The van der Waals surface area contributed by atoms with Gasteiger partial charge < -0.3 is 0 Å². The second kappa shape index (κ2) is 3.38. The molecule has 0 spiro atoms. The van der Waals surface area contributed by atoms with Gasteiger partial charge in [-0.05, 0) is 26.0 Å². The number of rotatable bonds is 1. The van der Waals surface area contributed by atoms with Crippen LogP contribution in [-0.4, -0.2) is 20.2 Å². The first-order valence-electron chi connectivity index (χ1n) is 5.42. The molecule has 3 aromatic rings. The fourth-order valence-corrected chi connectivity index (χ4v) is 2.02. The van der Waals surface area contributed by atoms with E-state index in [0.29, 0.717) is 11.3 Å². The molecule has 4 nitrogen and oxygen atoms in total. The van der Waals surface area contributed by atoms with E-state index in [1.165, 1.54) is 0 Å². The molecule has 0 aliphatic heterocycles. The maximum absolute atomic E-state index is 11.5. The SMILES string of the molecule is CC(=O)c1cn2c(nc1C)nc1ccccc12. The van der Waals surface area contributed by atoms with Crippen LogP contribution < -0.4 is 0 Å². The van der Waals surface area contributed by atoms with E-state index >= 15 is 0 Å². The number of carbonyl (C=O) groups is 1. The number of fused-ring (bicyclic) bond motifs is 3. The van der Waals surface area contributed by atoms with Crippen LogP contribution in [0.3, 0.4) is 0 Å². The Kier molecular flexibility index (Phi) is 1.98. The van der Waals surface area contributed by atoms with Crippen molar-refractivity contribution in [1.82, 2.24) is 14.4 Å². The summed E-state index contributed by atoms with van der Waals surface area (Å²) in [5, 5.41) is 0. The number of aryl methyl sites for hydroxylation is 1. The van der Waals surface area contributed by atoms with E-state index in [1.807, 2.05) is 41.8 Å². The lowest BCUT2D eigenvalue weighted by Crippen LogP contribution is -2.02. The molecule has 2 heterocycles. The molecular formula is C13H11N3O. The molecule has 0 fully saturated rings. The topological polar surface area (TPSA) is 47.3 Å². The summed E-state index contributed by atoms with van der Waals surface area (Å²) in [7, 11) is 0. The van der Waals surface area contributed by atoms with Crippen molar-refractivity contribution in [3.63, 3.8) is 0 Å². The van der Waals surface area contributed by atoms with Crippen LogP contribution in [0.15, 0.2) is 30.5 Å². The van der Waals surface area contributed by atoms with Crippen LogP contribution in [0.2, 0.25) is 0 Å². The van der Waals surface area contributed by atoms with Gasteiger partial charge in [0.05, 0.1) is 22.3 Å². The highest BCUT2D eigenvalue weighted by Gasteiger charge is 2.10. The summed E-state index contributed by atoms with van der Waals surface area (Å²) in [6, 6.07) is 7.79. The molecule has 4 heteroatoms. The number of imidazole rings is 1. The zero-order chi connectivity index (χ0) is 12.0. The van der Waals surface area contributed by atoms with Crippen LogP contribution in [-0.2, 0) is 0 Å². The number of carbonyl (C=O) groups excluding carboxylic acids is 1. The quantitative estimate of drug-likeness (QED) is 0.597. The molecule has 3 rings (SSSR count). The first-order chi connectivity index (χ1) is 8.16. The van der Waals surface area contributed by atoms with Crippen molar-refractivity contribution in [2.24, 2.45) is 0 Å². The highest BCUT2D eigenvalue weighted by atomic mass is 16.1. The van der Waals surface area contributed by atoms with Crippen molar-refractivity contribution >= 4 is 22.6 Å². The van der Waals surface area contributed by atoms with Crippen LogP contribution in [0.5, 0.6) is 0 Å². The number of Topliss-reactive ketones (excluding diaryl/α,β-unsaturated/α-hetero) is 1. The maximum Gasteiger partial charge on any atom is 0.235 e. The minimum Gasteiger partial charge on any atom is -0.294 e. The van der Waals surface area contributed by atoms with Gasteiger partial charge in [0.1, 0.15) is 0 Å². The minimum absolute atomic E-state index is 0.0229. The van der Waals surface area contributed by atoms with Gasteiger partial charge in [0.15, 0.2) is 5.78 Å². The third kappa shape index (κ3) is 1.41. The molecule has 0 bridgehead atoms. The van der Waals surface area contributed by atoms with E-state index in [0.717, 1.165) is 16.7 Å². The Morgan fingerprint density at radius 1 is 1.24 bits per heavy atom. The summed E-state index contributed by atoms with van der Waals surface area (Å²) in [5.41, 5.74) is 3.22. The van der Waals surface area contributed by atoms with Gasteiger partial charge in [-0.15, -0.1) is 0 Å². The van der Waals surface area contributed by atoms with Gasteiger partial charge in [0.2, 0.25) is 5.78 Å². The average molecular weight is 225 g/mol. The summed E-state index contributed by atoms with van der Waals surface area (Å²) in [5.74, 6) is 0.656. The molecule has 0 unspecified atom stereocenters. The normalized spacial score (nSPS) is 11.2. The lowest BCUT2D eigenvalue weighted by atomic mass is 10.2. The lowest BCUT2D eigenvalue weighted by Gasteiger charge is -2.02. The predicted octanol–water partition coefficient (Wildman–Crippen LogP) is 2.39. The van der Waals surface area contributed by atoms with Crippen molar-refractivity contribution in [2.45, 2.75) is 13.8 Å². The van der Waals surface area contributed by atoms with Crippen LogP contribution in [0.4, 0.5) is 0 Å². The van der Waals surface area contributed by atoms with Gasteiger partial charge in [-0.25, -0.2) is 9.97 Å². The average Bonchev–Trinajstić information content (AvgIpc) is 2.64. The summed E-state index contributed by atoms with van der Waals surface area (Å²) < 4.78 is 1.86. The van der Waals surface area contributed by atoms with Gasteiger partial charge in [0, 0.05) is 6.20 Å². The Hall–Kier alpha value is -2.23. The van der Waals surface area contributed by atoms with Crippen molar-refractivity contribution < 1.29 is 4.79 Å². The number of hydrogen-bond donors (Lipinski definition) is 0. The molecule has 84 valence electrons. The Morgan fingerprint density at radius 2 is 2.00 bits per heavy atom. The standard InChI is InChI=1S/C13H11N3O/c1-8-10(9(2)17)7-16-12-6-4-3-5-11(12)15-13(16)14-8/h3-7H,1-2H3. The van der Waals surface area contributed by atoms with Crippen molar-refractivity contribution in [1.29, 1.82) is 0 Å². The van der Waals surface area contributed by atoms with Gasteiger partial charge in [-0.3, -0.25) is 9.20 Å². The molecular weight excluding hydrogens is 214 g/mol. The predicted molar refractivity (Wildman–Crippen MR) is 65.2 cm³/mol. The van der Waals surface area contributed by atoms with Crippen molar-refractivity contribution in [2.75, 3.05) is 0 Å².